The topological polar surface area (TPSA) is 32.3 Å². The summed E-state index contributed by atoms with van der Waals surface area (Å²) in [4.78, 5) is 14.2. The highest BCUT2D eigenvalue weighted by atomic mass is 19.1. The molecule has 2 unspecified atom stereocenters. The molecule has 2 rings (SSSR count). The lowest BCUT2D eigenvalue weighted by molar-refractivity contribution is -0.130. The van der Waals surface area contributed by atoms with Crippen LogP contribution in [0, 0.1) is 11.7 Å². The van der Waals surface area contributed by atoms with Crippen LogP contribution in [0.25, 0.3) is 0 Å². The zero-order valence-electron chi connectivity index (χ0n) is 12.4. The van der Waals surface area contributed by atoms with Crippen LogP contribution in [-0.2, 0) is 4.79 Å². The van der Waals surface area contributed by atoms with E-state index in [1.54, 1.807) is 17.0 Å². The third kappa shape index (κ3) is 3.01. The average Bonchev–Trinajstić information content (AvgIpc) is 2.73. The van der Waals surface area contributed by atoms with E-state index < -0.39 is 0 Å². The number of carbonyl (C=O) groups is 1. The summed E-state index contributed by atoms with van der Waals surface area (Å²) in [6.45, 7) is 6.89. The van der Waals surface area contributed by atoms with Crippen molar-refractivity contribution in [2.75, 3.05) is 6.54 Å². The smallest absolute Gasteiger partial charge is 0.241 e. The molecule has 0 radical (unpaired) electrons. The van der Waals surface area contributed by atoms with Crippen molar-refractivity contribution < 1.29 is 9.18 Å². The molecular formula is C16H23FN2O. The van der Waals surface area contributed by atoms with Gasteiger partial charge in [0.15, 0.2) is 0 Å². The molecule has 1 aliphatic heterocycles. The van der Waals surface area contributed by atoms with E-state index >= 15 is 0 Å². The third-order valence-electron chi connectivity index (χ3n) is 3.81. The van der Waals surface area contributed by atoms with Gasteiger partial charge in [-0.2, -0.15) is 0 Å². The van der Waals surface area contributed by atoms with Crippen molar-refractivity contribution in [3.05, 3.63) is 35.6 Å². The Bertz CT molecular complexity index is 475. The van der Waals surface area contributed by atoms with Crippen LogP contribution in [-0.4, -0.2) is 23.4 Å². The fourth-order valence-electron chi connectivity index (χ4n) is 2.56. The second-order valence-electron chi connectivity index (χ2n) is 5.77. The average molecular weight is 278 g/mol. The first-order chi connectivity index (χ1) is 9.54. The summed E-state index contributed by atoms with van der Waals surface area (Å²) < 4.78 is 14.0. The number of nitrogens with zero attached hydrogens (tertiary/aromatic N) is 1. The van der Waals surface area contributed by atoms with E-state index in [0.29, 0.717) is 18.0 Å². The molecule has 1 aliphatic rings. The van der Waals surface area contributed by atoms with Gasteiger partial charge in [-0.05, 0) is 24.8 Å². The predicted molar refractivity (Wildman–Crippen MR) is 77.5 cm³/mol. The van der Waals surface area contributed by atoms with E-state index in [1.165, 1.54) is 6.07 Å². The van der Waals surface area contributed by atoms with Crippen molar-refractivity contribution in [3.8, 4) is 0 Å². The minimum absolute atomic E-state index is 0.0846. The van der Waals surface area contributed by atoms with Crippen molar-refractivity contribution in [3.63, 3.8) is 0 Å². The van der Waals surface area contributed by atoms with Gasteiger partial charge in [-0.25, -0.2) is 4.39 Å². The zero-order chi connectivity index (χ0) is 14.7. The second-order valence-corrected chi connectivity index (χ2v) is 5.77. The number of carbonyl (C=O) groups excluding carboxylic acids is 1. The molecule has 3 nitrogen and oxygen atoms in total. The van der Waals surface area contributed by atoms with E-state index in [9.17, 15) is 9.18 Å². The highest BCUT2D eigenvalue weighted by molar-refractivity contribution is 5.84. The van der Waals surface area contributed by atoms with Gasteiger partial charge in [0.2, 0.25) is 5.91 Å². The van der Waals surface area contributed by atoms with Gasteiger partial charge in [0, 0.05) is 12.1 Å². The van der Waals surface area contributed by atoms with Crippen molar-refractivity contribution >= 4 is 5.91 Å². The van der Waals surface area contributed by atoms with Crippen LogP contribution >= 0.6 is 0 Å². The number of hydrogen-bond acceptors (Lipinski definition) is 2. The summed E-state index contributed by atoms with van der Waals surface area (Å²) in [6.07, 6.45) is 1.31. The first kappa shape index (κ1) is 15.0. The maximum Gasteiger partial charge on any atom is 0.241 e. The Morgan fingerprint density at radius 1 is 1.35 bits per heavy atom. The Morgan fingerprint density at radius 3 is 2.65 bits per heavy atom. The molecular weight excluding hydrogens is 255 g/mol. The number of nitrogens with one attached hydrogen (secondary N) is 1. The number of halogens is 1. The van der Waals surface area contributed by atoms with Crippen LogP contribution in [0.1, 0.15) is 45.3 Å². The summed E-state index contributed by atoms with van der Waals surface area (Å²) >= 11 is 0. The van der Waals surface area contributed by atoms with Crippen LogP contribution in [0.15, 0.2) is 24.3 Å². The Hall–Kier alpha value is -1.42. The monoisotopic (exact) mass is 278 g/mol. The van der Waals surface area contributed by atoms with Crippen molar-refractivity contribution in [2.45, 2.75) is 45.8 Å². The Balaban J connectivity index is 2.24. The maximum atomic E-state index is 14.0. The molecule has 0 aliphatic carbocycles. The summed E-state index contributed by atoms with van der Waals surface area (Å²) in [5.74, 6) is 0.343. The van der Waals surface area contributed by atoms with Crippen molar-refractivity contribution in [1.29, 1.82) is 0 Å². The second kappa shape index (κ2) is 6.35. The molecule has 20 heavy (non-hydrogen) atoms. The Morgan fingerprint density at radius 2 is 2.05 bits per heavy atom. The highest BCUT2D eigenvalue weighted by Gasteiger charge is 2.39. The van der Waals surface area contributed by atoms with Crippen LogP contribution in [0.5, 0.6) is 0 Å². The lowest BCUT2D eigenvalue weighted by Gasteiger charge is -2.25. The van der Waals surface area contributed by atoms with Crippen LogP contribution < -0.4 is 5.32 Å². The summed E-state index contributed by atoms with van der Waals surface area (Å²) in [7, 11) is 0. The summed E-state index contributed by atoms with van der Waals surface area (Å²) in [5, 5.41) is 3.26. The molecule has 4 heteroatoms. The maximum absolute atomic E-state index is 14.0. The first-order valence-electron chi connectivity index (χ1n) is 7.35. The number of benzene rings is 1. The molecule has 1 aromatic carbocycles. The Labute approximate surface area is 120 Å². The van der Waals surface area contributed by atoms with Gasteiger partial charge in [0.05, 0.1) is 6.04 Å². The van der Waals surface area contributed by atoms with Gasteiger partial charge in [-0.15, -0.1) is 0 Å². The molecule has 1 saturated heterocycles. The summed E-state index contributed by atoms with van der Waals surface area (Å²) in [5.41, 5.74) is 0.556. The van der Waals surface area contributed by atoms with E-state index in [2.05, 4.69) is 19.2 Å². The molecule has 1 fully saturated rings. The van der Waals surface area contributed by atoms with E-state index in [-0.39, 0.29) is 23.9 Å². The third-order valence-corrected chi connectivity index (χ3v) is 3.81. The number of rotatable bonds is 5. The van der Waals surface area contributed by atoms with Gasteiger partial charge in [0.1, 0.15) is 12.0 Å². The van der Waals surface area contributed by atoms with Crippen molar-refractivity contribution in [1.82, 2.24) is 10.2 Å². The molecule has 2 atom stereocenters. The molecule has 1 aromatic rings. The van der Waals surface area contributed by atoms with Gasteiger partial charge < -0.3 is 4.90 Å². The molecule has 0 saturated carbocycles. The number of amides is 1. The molecule has 0 bridgehead atoms. The summed E-state index contributed by atoms with van der Waals surface area (Å²) in [6, 6.07) is 6.48. The van der Waals surface area contributed by atoms with E-state index in [0.717, 1.165) is 12.8 Å². The van der Waals surface area contributed by atoms with E-state index in [4.69, 9.17) is 0 Å². The quantitative estimate of drug-likeness (QED) is 0.897. The lowest BCUT2D eigenvalue weighted by atomic mass is 10.1. The standard InChI is InChI=1S/C16H23FN2O/c1-4-14-16(20)19(10-9-11(2)3)15(18-14)12-7-5-6-8-13(12)17/h5-8,11,14-15,18H,4,9-10H2,1-3H3. The predicted octanol–water partition coefficient (Wildman–Crippen LogP) is 3.08. The highest BCUT2D eigenvalue weighted by Crippen LogP contribution is 2.28. The normalized spacial score (nSPS) is 22.9. The van der Waals surface area contributed by atoms with Crippen LogP contribution in [0.4, 0.5) is 4.39 Å². The lowest BCUT2D eigenvalue weighted by Crippen LogP contribution is -2.32. The van der Waals surface area contributed by atoms with Crippen molar-refractivity contribution in [2.24, 2.45) is 5.92 Å². The molecule has 1 N–H and O–H groups in total. The van der Waals surface area contributed by atoms with Gasteiger partial charge in [-0.3, -0.25) is 10.1 Å². The largest absolute Gasteiger partial charge is 0.321 e. The molecule has 110 valence electrons. The minimum Gasteiger partial charge on any atom is -0.321 e. The van der Waals surface area contributed by atoms with Gasteiger partial charge in [0.25, 0.3) is 0 Å². The molecule has 1 amide bonds. The SMILES string of the molecule is CCC1NC(c2ccccc2F)N(CCC(C)C)C1=O. The zero-order valence-corrected chi connectivity index (χ0v) is 12.4. The first-order valence-corrected chi connectivity index (χ1v) is 7.35. The molecule has 0 aromatic heterocycles. The van der Waals surface area contributed by atoms with Crippen LogP contribution in [0.3, 0.4) is 0 Å². The minimum atomic E-state index is -0.340. The van der Waals surface area contributed by atoms with Gasteiger partial charge in [-0.1, -0.05) is 39.0 Å². The number of hydrogen-bond donors (Lipinski definition) is 1. The van der Waals surface area contributed by atoms with Crippen LogP contribution in [0.2, 0.25) is 0 Å². The van der Waals surface area contributed by atoms with E-state index in [1.807, 2.05) is 13.0 Å². The van der Waals surface area contributed by atoms with Gasteiger partial charge >= 0.3 is 0 Å². The fourth-order valence-corrected chi connectivity index (χ4v) is 2.56. The fraction of sp³-hybridized carbons (Fsp3) is 0.562. The molecule has 1 heterocycles. The molecule has 0 spiro atoms. The Kier molecular flexibility index (Phi) is 4.76.